The summed E-state index contributed by atoms with van der Waals surface area (Å²) >= 11 is 0. The summed E-state index contributed by atoms with van der Waals surface area (Å²) in [5.41, 5.74) is 2.21. The number of hydrogen-bond acceptors (Lipinski definition) is 14. The van der Waals surface area contributed by atoms with E-state index in [4.69, 9.17) is 28.4 Å². The van der Waals surface area contributed by atoms with Crippen molar-refractivity contribution >= 4 is 35.8 Å². The van der Waals surface area contributed by atoms with Crippen molar-refractivity contribution in [3.63, 3.8) is 0 Å². The van der Waals surface area contributed by atoms with Crippen LogP contribution in [-0.4, -0.2) is 135 Å². The summed E-state index contributed by atoms with van der Waals surface area (Å²) in [6.07, 6.45) is -1.20. The molecule has 6 amide bonds. The fourth-order valence-corrected chi connectivity index (χ4v) is 8.96. The lowest BCUT2D eigenvalue weighted by atomic mass is 10.1. The topological polar surface area (TPSA) is 236 Å². The molecule has 1 aliphatic rings. The Hall–Kier alpha value is -9.14. The zero-order valence-corrected chi connectivity index (χ0v) is 50.0. The van der Waals surface area contributed by atoms with Crippen LogP contribution in [0.5, 0.6) is 23.0 Å². The number of nitrogens with one attached hydrogen (secondary N) is 6. The first kappa shape index (κ1) is 64.4. The van der Waals surface area contributed by atoms with Gasteiger partial charge in [-0.2, -0.15) is 0 Å². The van der Waals surface area contributed by atoms with Crippen molar-refractivity contribution in [1.82, 2.24) is 41.7 Å². The maximum absolute atomic E-state index is 14.6. The fourth-order valence-electron chi connectivity index (χ4n) is 8.96. The minimum atomic E-state index is -0.727. The first-order valence-corrected chi connectivity index (χ1v) is 28.9. The lowest BCUT2D eigenvalue weighted by Crippen LogP contribution is -2.44. The molecule has 4 bridgehead atoms. The molecule has 6 aromatic carbocycles. The number of ether oxygens (including phenoxy) is 6. The molecule has 0 aliphatic carbocycles. The average Bonchev–Trinajstić information content (AvgIpc) is 1.10. The van der Waals surface area contributed by atoms with Crippen molar-refractivity contribution in [2.45, 2.75) is 79.2 Å². The highest BCUT2D eigenvalue weighted by Crippen LogP contribution is 2.38. The number of nitrogens with zero attached hydrogens (tertiary/aromatic N) is 2. The molecule has 7 rings (SSSR count). The van der Waals surface area contributed by atoms with Gasteiger partial charge in [0, 0.05) is 78.5 Å². The monoisotopic (exact) mass is 1180 g/mol. The van der Waals surface area contributed by atoms with Gasteiger partial charge in [-0.15, -0.1) is 0 Å². The molecule has 0 radical (unpaired) electrons. The highest BCUT2D eigenvalue weighted by atomic mass is 16.6. The van der Waals surface area contributed by atoms with E-state index in [1.54, 1.807) is 41.5 Å². The second-order valence-electron chi connectivity index (χ2n) is 22.3. The van der Waals surface area contributed by atoms with Crippen LogP contribution < -0.4 is 50.8 Å². The largest absolute Gasteiger partial charge is 0.484 e. The van der Waals surface area contributed by atoms with E-state index in [2.05, 4.69) is 31.9 Å². The number of alkyl carbamates (subject to hydrolysis) is 2. The lowest BCUT2D eigenvalue weighted by Gasteiger charge is -2.25. The summed E-state index contributed by atoms with van der Waals surface area (Å²) in [5, 5.41) is 17.7. The van der Waals surface area contributed by atoms with E-state index in [0.29, 0.717) is 13.1 Å². The third kappa shape index (κ3) is 21.2. The molecule has 20 nitrogen and oxygen atoms in total. The average molecular weight is 1180 g/mol. The Morgan fingerprint density at radius 3 is 0.837 bits per heavy atom. The number of fused-ring (bicyclic) bond motifs is 6. The molecule has 0 saturated heterocycles. The van der Waals surface area contributed by atoms with E-state index in [1.165, 1.54) is 24.3 Å². The number of carbonyl (C=O) groups is 6. The second-order valence-corrected chi connectivity index (χ2v) is 22.3. The minimum Gasteiger partial charge on any atom is -0.484 e. The zero-order valence-electron chi connectivity index (χ0n) is 50.0. The SMILES string of the molecule is CC(C)(C)OC(=O)NCCN1CCNC(=O)c2ccc(c(OCc3ccccc3)c2OCc2ccccc2)C(=O)NCCN(CCNC(=O)OC(C)(C)C)CCNC(=O)c2ccc(c(OCc3ccccc3)c2OCc2ccccc2)C(=O)NCC1. The highest BCUT2D eigenvalue weighted by molar-refractivity contribution is 6.04. The summed E-state index contributed by atoms with van der Waals surface area (Å²) in [5.74, 6) is -1.83. The first-order chi connectivity index (χ1) is 41.4. The van der Waals surface area contributed by atoms with E-state index in [9.17, 15) is 28.8 Å². The van der Waals surface area contributed by atoms with Gasteiger partial charge < -0.3 is 60.3 Å². The van der Waals surface area contributed by atoms with Crippen LogP contribution in [-0.2, 0) is 35.9 Å². The standard InChI is InChI=1S/C66H80N8O12/c1-65(2,3)85-63(79)71-35-41-73-37-31-67-59(75)51-27-29-53(57(83-45-49-23-15-9-16-24-49)55(51)81-43-47-19-11-7-12-20-47)61(77)69-33-39-74(42-36-72-64(80)86-66(4,5)6)40-34-70-62(78)54-30-28-52(60(76)68-32-38-73)56(82-44-48-21-13-8-14-22-48)58(54)84-46-50-25-17-10-18-26-50/h7-30H,31-46H2,1-6H3,(H,67,75)(H,68,76)(H,69,77)(H,70,78)(H,71,79)(H,72,80). The van der Waals surface area contributed by atoms with E-state index in [0.717, 1.165) is 22.3 Å². The van der Waals surface area contributed by atoms with Crippen LogP contribution in [0.2, 0.25) is 0 Å². The van der Waals surface area contributed by atoms with Gasteiger partial charge in [-0.05, 0) is 88.1 Å². The Morgan fingerprint density at radius 2 is 0.616 bits per heavy atom. The van der Waals surface area contributed by atoms with Crippen LogP contribution in [0, 0.1) is 0 Å². The summed E-state index contributed by atoms with van der Waals surface area (Å²) < 4.78 is 37.0. The molecule has 20 heteroatoms. The van der Waals surface area contributed by atoms with Gasteiger partial charge in [0.15, 0.2) is 23.0 Å². The molecule has 0 saturated carbocycles. The van der Waals surface area contributed by atoms with Crippen molar-refractivity contribution in [3.05, 3.63) is 190 Å². The van der Waals surface area contributed by atoms with Crippen LogP contribution in [0.1, 0.15) is 105 Å². The molecule has 1 aliphatic heterocycles. The van der Waals surface area contributed by atoms with Crippen molar-refractivity contribution < 1.29 is 57.2 Å². The zero-order chi connectivity index (χ0) is 61.3. The number of amides is 6. The van der Waals surface area contributed by atoms with Gasteiger partial charge in [-0.25, -0.2) is 9.59 Å². The number of hydrogen-bond donors (Lipinski definition) is 6. The Kier molecular flexibility index (Phi) is 24.1. The van der Waals surface area contributed by atoms with Crippen LogP contribution in [0.4, 0.5) is 9.59 Å². The predicted octanol–water partition coefficient (Wildman–Crippen LogP) is 8.29. The normalized spacial score (nSPS) is 14.4. The lowest BCUT2D eigenvalue weighted by molar-refractivity contribution is 0.0510. The van der Waals surface area contributed by atoms with Gasteiger partial charge in [0.25, 0.3) is 23.6 Å². The molecular weight excluding hydrogens is 1100 g/mol. The Morgan fingerprint density at radius 1 is 0.384 bits per heavy atom. The second kappa shape index (κ2) is 32.2. The Labute approximate surface area is 503 Å². The first-order valence-electron chi connectivity index (χ1n) is 28.9. The van der Waals surface area contributed by atoms with E-state index in [1.807, 2.05) is 131 Å². The van der Waals surface area contributed by atoms with Crippen LogP contribution in [0.15, 0.2) is 146 Å². The molecule has 456 valence electrons. The molecule has 0 fully saturated rings. The molecule has 6 N–H and O–H groups in total. The molecule has 6 aromatic rings. The summed E-state index contributed by atoms with van der Waals surface area (Å²) in [4.78, 5) is 87.7. The van der Waals surface area contributed by atoms with Gasteiger partial charge >= 0.3 is 12.2 Å². The van der Waals surface area contributed by atoms with Crippen LogP contribution >= 0.6 is 0 Å². The van der Waals surface area contributed by atoms with Gasteiger partial charge in [-0.3, -0.25) is 29.0 Å². The molecule has 86 heavy (non-hydrogen) atoms. The van der Waals surface area contributed by atoms with Crippen molar-refractivity contribution in [3.8, 4) is 23.0 Å². The van der Waals surface area contributed by atoms with Crippen molar-refractivity contribution in [1.29, 1.82) is 0 Å². The molecule has 0 unspecified atom stereocenters. The summed E-state index contributed by atoms with van der Waals surface area (Å²) in [6, 6.07) is 43.7. The van der Waals surface area contributed by atoms with Crippen LogP contribution in [0.25, 0.3) is 0 Å². The van der Waals surface area contributed by atoms with E-state index >= 15 is 0 Å². The highest BCUT2D eigenvalue weighted by Gasteiger charge is 2.28. The number of carbonyl (C=O) groups excluding carboxylic acids is 6. The quantitative estimate of drug-likeness (QED) is 0.0475. The third-order valence-corrected chi connectivity index (χ3v) is 13.2. The Balaban J connectivity index is 1.24. The smallest absolute Gasteiger partial charge is 0.407 e. The summed E-state index contributed by atoms with van der Waals surface area (Å²) in [7, 11) is 0. The fraction of sp³-hybridized carbons (Fsp3) is 0.364. The number of benzene rings is 6. The maximum Gasteiger partial charge on any atom is 0.407 e. The molecule has 0 aromatic heterocycles. The van der Waals surface area contributed by atoms with Crippen molar-refractivity contribution in [2.75, 3.05) is 78.5 Å². The van der Waals surface area contributed by atoms with Crippen molar-refractivity contribution in [2.24, 2.45) is 0 Å². The number of rotatable bonds is 18. The molecule has 0 spiro atoms. The van der Waals surface area contributed by atoms with Crippen LogP contribution in [0.3, 0.4) is 0 Å². The Bertz CT molecular complexity index is 2790. The molecule has 1 heterocycles. The van der Waals surface area contributed by atoms with Gasteiger partial charge in [0.2, 0.25) is 0 Å². The van der Waals surface area contributed by atoms with E-state index in [-0.39, 0.29) is 137 Å². The third-order valence-electron chi connectivity index (χ3n) is 13.2. The van der Waals surface area contributed by atoms with Gasteiger partial charge in [0.05, 0.1) is 22.3 Å². The molecule has 0 atom stereocenters. The maximum atomic E-state index is 14.6. The predicted molar refractivity (Wildman–Crippen MR) is 327 cm³/mol. The van der Waals surface area contributed by atoms with Gasteiger partial charge in [0.1, 0.15) is 37.6 Å². The minimum absolute atomic E-state index is 0.0352. The van der Waals surface area contributed by atoms with E-state index < -0.39 is 47.0 Å². The summed E-state index contributed by atoms with van der Waals surface area (Å²) in [6.45, 7) is 13.2. The van der Waals surface area contributed by atoms with Gasteiger partial charge in [-0.1, -0.05) is 121 Å². The molecular formula is C66H80N8O12.